The highest BCUT2D eigenvalue weighted by Gasteiger charge is 2.45. The highest BCUT2D eigenvalue weighted by atomic mass is 19.1. The lowest BCUT2D eigenvalue weighted by atomic mass is 10.00. The molecular formula is C22H27F2N3O2. The van der Waals surface area contributed by atoms with Gasteiger partial charge in [0.15, 0.2) is 0 Å². The quantitative estimate of drug-likeness (QED) is 0.602. The zero-order chi connectivity index (χ0) is 21.0. The Balaban J connectivity index is 1.68. The monoisotopic (exact) mass is 403 g/mol. The zero-order valence-corrected chi connectivity index (χ0v) is 16.7. The lowest BCUT2D eigenvalue weighted by molar-refractivity contribution is -0.120. The van der Waals surface area contributed by atoms with Gasteiger partial charge in [0.1, 0.15) is 11.6 Å². The van der Waals surface area contributed by atoms with E-state index in [1.807, 2.05) is 6.07 Å². The van der Waals surface area contributed by atoms with Crippen molar-refractivity contribution in [2.24, 2.45) is 0 Å². The Morgan fingerprint density at radius 2 is 1.90 bits per heavy atom. The van der Waals surface area contributed by atoms with Gasteiger partial charge in [-0.1, -0.05) is 6.92 Å². The average Bonchev–Trinajstić information content (AvgIpc) is 3.46. The fraction of sp³-hybridized carbons (Fsp3) is 0.455. The number of nitrogens with zero attached hydrogens (tertiary/aromatic N) is 1. The maximum atomic E-state index is 13.5. The van der Waals surface area contributed by atoms with Crippen molar-refractivity contribution in [3.05, 3.63) is 65.0 Å². The van der Waals surface area contributed by atoms with Gasteiger partial charge in [0, 0.05) is 25.7 Å². The summed E-state index contributed by atoms with van der Waals surface area (Å²) in [5, 5.41) is 16.8. The van der Waals surface area contributed by atoms with E-state index in [0.29, 0.717) is 5.56 Å². The molecule has 0 bridgehead atoms. The van der Waals surface area contributed by atoms with Crippen LogP contribution in [0.25, 0.3) is 0 Å². The topological polar surface area (TPSA) is 74.2 Å². The number of carbonyl (C=O) groups is 1. The number of halogens is 2. The number of pyridine rings is 1. The third kappa shape index (κ3) is 5.58. The first kappa shape index (κ1) is 21.3. The van der Waals surface area contributed by atoms with Crippen LogP contribution in [0.2, 0.25) is 0 Å². The number of carbonyl (C=O) groups excluding carboxylic acids is 1. The van der Waals surface area contributed by atoms with Gasteiger partial charge in [0.25, 0.3) is 0 Å². The third-order valence-corrected chi connectivity index (χ3v) is 5.35. The maximum Gasteiger partial charge on any atom is 0.217 e. The smallest absolute Gasteiger partial charge is 0.217 e. The number of aliphatic hydroxyl groups excluding tert-OH is 1. The molecule has 7 heteroatoms. The van der Waals surface area contributed by atoms with Crippen molar-refractivity contribution in [3.63, 3.8) is 0 Å². The Morgan fingerprint density at radius 3 is 2.48 bits per heavy atom. The third-order valence-electron chi connectivity index (χ3n) is 5.35. The van der Waals surface area contributed by atoms with E-state index in [4.69, 9.17) is 0 Å². The first-order valence-corrected chi connectivity index (χ1v) is 9.92. The number of hydrogen-bond donors (Lipinski definition) is 3. The summed E-state index contributed by atoms with van der Waals surface area (Å²) < 4.78 is 27.0. The molecule has 2 atom stereocenters. The van der Waals surface area contributed by atoms with E-state index < -0.39 is 23.8 Å². The summed E-state index contributed by atoms with van der Waals surface area (Å²) in [7, 11) is 0. The van der Waals surface area contributed by atoms with Gasteiger partial charge in [0.05, 0.1) is 23.4 Å². The second kappa shape index (κ2) is 8.97. The molecule has 1 aromatic heterocycles. The van der Waals surface area contributed by atoms with Crippen molar-refractivity contribution in [3.8, 4) is 0 Å². The fourth-order valence-electron chi connectivity index (χ4n) is 3.57. The highest BCUT2D eigenvalue weighted by molar-refractivity contribution is 5.73. The molecule has 1 aliphatic carbocycles. The van der Waals surface area contributed by atoms with Crippen LogP contribution in [0.4, 0.5) is 8.78 Å². The van der Waals surface area contributed by atoms with E-state index in [9.17, 15) is 18.7 Å². The molecule has 29 heavy (non-hydrogen) atoms. The lowest BCUT2D eigenvalue weighted by Crippen LogP contribution is -2.49. The number of amides is 1. The number of aliphatic hydroxyl groups is 1. The van der Waals surface area contributed by atoms with E-state index in [0.717, 1.165) is 31.0 Å². The van der Waals surface area contributed by atoms with Crippen molar-refractivity contribution < 1.29 is 18.7 Å². The van der Waals surface area contributed by atoms with Gasteiger partial charge in [0.2, 0.25) is 5.91 Å². The summed E-state index contributed by atoms with van der Waals surface area (Å²) in [5.41, 5.74) is 2.26. The second-order valence-electron chi connectivity index (χ2n) is 7.72. The minimum absolute atomic E-state index is 0.119. The van der Waals surface area contributed by atoms with Crippen LogP contribution in [0.3, 0.4) is 0 Å². The van der Waals surface area contributed by atoms with Gasteiger partial charge >= 0.3 is 0 Å². The van der Waals surface area contributed by atoms with Crippen LogP contribution in [0.1, 0.15) is 43.5 Å². The van der Waals surface area contributed by atoms with E-state index >= 15 is 0 Å². The number of aromatic nitrogens is 1. The van der Waals surface area contributed by atoms with Gasteiger partial charge in [-0.05, 0) is 61.1 Å². The number of benzene rings is 1. The molecule has 1 amide bonds. The van der Waals surface area contributed by atoms with Crippen LogP contribution < -0.4 is 10.6 Å². The molecule has 1 aliphatic rings. The van der Waals surface area contributed by atoms with Crippen molar-refractivity contribution in [2.45, 2.75) is 57.2 Å². The Morgan fingerprint density at radius 1 is 1.21 bits per heavy atom. The minimum atomic E-state index is -0.933. The Bertz CT molecular complexity index is 851. The predicted molar refractivity (Wildman–Crippen MR) is 106 cm³/mol. The second-order valence-corrected chi connectivity index (χ2v) is 7.72. The van der Waals surface area contributed by atoms with E-state index in [-0.39, 0.29) is 24.4 Å². The molecule has 2 aromatic rings. The molecule has 3 rings (SSSR count). The summed E-state index contributed by atoms with van der Waals surface area (Å²) in [6.45, 7) is 3.66. The number of aryl methyl sites for hydroxylation is 1. The normalized spacial score (nSPS) is 16.9. The van der Waals surface area contributed by atoms with Crippen LogP contribution in [0.15, 0.2) is 36.5 Å². The molecule has 0 spiro atoms. The van der Waals surface area contributed by atoms with Crippen molar-refractivity contribution in [1.82, 2.24) is 15.6 Å². The van der Waals surface area contributed by atoms with Crippen LogP contribution in [0.5, 0.6) is 0 Å². The van der Waals surface area contributed by atoms with Gasteiger partial charge in [-0.15, -0.1) is 0 Å². The molecule has 0 aliphatic heterocycles. The van der Waals surface area contributed by atoms with Gasteiger partial charge < -0.3 is 15.7 Å². The van der Waals surface area contributed by atoms with Gasteiger partial charge in [-0.2, -0.15) is 0 Å². The Labute approximate surface area is 169 Å². The van der Waals surface area contributed by atoms with Gasteiger partial charge in [-0.3, -0.25) is 9.78 Å². The molecule has 5 nitrogen and oxygen atoms in total. The first-order chi connectivity index (χ1) is 13.8. The van der Waals surface area contributed by atoms with E-state index in [2.05, 4.69) is 28.6 Å². The van der Waals surface area contributed by atoms with Crippen LogP contribution in [0, 0.1) is 11.6 Å². The van der Waals surface area contributed by atoms with Crippen molar-refractivity contribution >= 4 is 5.91 Å². The van der Waals surface area contributed by atoms with Crippen LogP contribution in [-0.2, 0) is 23.2 Å². The summed E-state index contributed by atoms with van der Waals surface area (Å²) in [4.78, 5) is 16.1. The molecule has 3 N–H and O–H groups in total. The molecular weight excluding hydrogens is 376 g/mol. The minimum Gasteiger partial charge on any atom is -0.390 e. The maximum absolute atomic E-state index is 13.5. The lowest BCUT2D eigenvalue weighted by Gasteiger charge is -2.26. The summed E-state index contributed by atoms with van der Waals surface area (Å²) in [6.07, 6.45) is 3.73. The fourth-order valence-corrected chi connectivity index (χ4v) is 3.57. The van der Waals surface area contributed by atoms with E-state index in [1.165, 1.54) is 24.6 Å². The summed E-state index contributed by atoms with van der Waals surface area (Å²) >= 11 is 0. The predicted octanol–water partition coefficient (Wildman–Crippen LogP) is 2.61. The number of nitrogens with one attached hydrogen (secondary N) is 2. The molecule has 0 radical (unpaired) electrons. The molecule has 1 fully saturated rings. The summed E-state index contributed by atoms with van der Waals surface area (Å²) in [5.74, 6) is -1.69. The van der Waals surface area contributed by atoms with Crippen molar-refractivity contribution in [2.75, 3.05) is 6.54 Å². The first-order valence-electron chi connectivity index (χ1n) is 9.92. The SMILES string of the molecule is CCc1ccnc(C2(NC[C@H](O)[C@H](Cc3cc(F)cc(F)c3)NC(C)=O)CC2)c1. The average molecular weight is 403 g/mol. The van der Waals surface area contributed by atoms with Gasteiger partial charge in [-0.25, -0.2) is 8.78 Å². The molecule has 156 valence electrons. The number of hydrogen-bond acceptors (Lipinski definition) is 4. The highest BCUT2D eigenvalue weighted by Crippen LogP contribution is 2.44. The summed E-state index contributed by atoms with van der Waals surface area (Å²) in [6, 6.07) is 6.60. The molecule has 1 saturated carbocycles. The molecule has 1 heterocycles. The molecule has 1 aromatic carbocycles. The number of rotatable bonds is 9. The molecule has 0 unspecified atom stereocenters. The van der Waals surface area contributed by atoms with Crippen LogP contribution in [-0.4, -0.2) is 34.7 Å². The van der Waals surface area contributed by atoms with Crippen LogP contribution >= 0.6 is 0 Å². The van der Waals surface area contributed by atoms with E-state index in [1.54, 1.807) is 6.20 Å². The largest absolute Gasteiger partial charge is 0.390 e. The molecule has 0 saturated heterocycles. The zero-order valence-electron chi connectivity index (χ0n) is 16.7. The standard InChI is InChI=1S/C22H27F2N3O2/c1-3-15-4-7-25-21(11-15)22(5-6-22)26-13-20(29)19(27-14(2)28)10-16-8-17(23)12-18(24)9-16/h4,7-9,11-12,19-20,26,29H,3,5-6,10,13H2,1-2H3,(H,27,28)/t19-,20-/m0/s1. The van der Waals surface area contributed by atoms with Crippen molar-refractivity contribution in [1.29, 1.82) is 0 Å². The Hall–Kier alpha value is -2.38. The Kier molecular flexibility index (Phi) is 6.59.